The predicted molar refractivity (Wildman–Crippen MR) is 128 cm³/mol. The molecule has 0 spiro atoms. The minimum atomic E-state index is -1.55. The van der Waals surface area contributed by atoms with E-state index in [1.807, 2.05) is 0 Å². The summed E-state index contributed by atoms with van der Waals surface area (Å²) in [6, 6.07) is -2.47. The Bertz CT molecular complexity index is 865. The number of hydrogen-bond acceptors (Lipinski definition) is 11. The molecule has 2 rings (SSSR count). The zero-order valence-corrected chi connectivity index (χ0v) is 21.1. The number of aliphatic hydroxyl groups excluding tert-OH is 4. The topological polar surface area (TPSA) is 224 Å². The highest BCUT2D eigenvalue weighted by Crippen LogP contribution is 2.22. The Morgan fingerprint density at radius 1 is 1.08 bits per heavy atom. The van der Waals surface area contributed by atoms with E-state index in [4.69, 9.17) is 14.6 Å². The van der Waals surface area contributed by atoms with Crippen LogP contribution in [-0.4, -0.2) is 124 Å². The van der Waals surface area contributed by atoms with Gasteiger partial charge in [0.05, 0.1) is 19.8 Å². The maximum atomic E-state index is 12.6. The molecule has 2 heterocycles. The second-order valence-corrected chi connectivity index (χ2v) is 8.87. The molecule has 2 aliphatic rings. The third kappa shape index (κ3) is 9.11. The maximum Gasteiger partial charge on any atom is 0.253 e. The fourth-order valence-electron chi connectivity index (χ4n) is 3.94. The first-order chi connectivity index (χ1) is 18.1. The number of carbonyl (C=O) groups is 5. The van der Waals surface area contributed by atoms with Crippen molar-refractivity contribution >= 4 is 29.5 Å². The number of rotatable bonds is 15. The summed E-state index contributed by atoms with van der Waals surface area (Å²) in [7, 11) is 0. The number of nitrogens with zero attached hydrogens (tertiary/aromatic N) is 1. The molecule has 0 unspecified atom stereocenters. The van der Waals surface area contributed by atoms with Gasteiger partial charge >= 0.3 is 0 Å². The Balaban J connectivity index is 1.91. The molecule has 15 heteroatoms. The lowest BCUT2D eigenvalue weighted by Gasteiger charge is -2.42. The van der Waals surface area contributed by atoms with E-state index in [0.29, 0.717) is 19.3 Å². The molecule has 0 bridgehead atoms. The van der Waals surface area contributed by atoms with Crippen LogP contribution in [0.5, 0.6) is 0 Å². The first kappa shape index (κ1) is 31.3. The lowest BCUT2D eigenvalue weighted by molar-refractivity contribution is -0.271. The molecule has 6 atom stereocenters. The van der Waals surface area contributed by atoms with Crippen molar-refractivity contribution in [2.24, 2.45) is 0 Å². The number of unbranched alkanes of at least 4 members (excludes halogenated alkanes) is 2. The quantitative estimate of drug-likeness (QED) is 0.0777. The largest absolute Gasteiger partial charge is 0.395 e. The van der Waals surface area contributed by atoms with Crippen molar-refractivity contribution in [1.29, 1.82) is 0 Å². The van der Waals surface area contributed by atoms with E-state index < -0.39 is 67.6 Å². The maximum absolute atomic E-state index is 12.6. The fraction of sp³-hybridized carbons (Fsp3) is 0.696. The van der Waals surface area contributed by atoms with Crippen molar-refractivity contribution in [3.05, 3.63) is 12.2 Å². The van der Waals surface area contributed by atoms with Crippen LogP contribution in [0.4, 0.5) is 0 Å². The Labute approximate surface area is 219 Å². The lowest BCUT2D eigenvalue weighted by Crippen LogP contribution is -2.65. The summed E-state index contributed by atoms with van der Waals surface area (Å²) in [4.78, 5) is 60.8. The van der Waals surface area contributed by atoms with Crippen molar-refractivity contribution in [1.82, 2.24) is 20.9 Å². The molecule has 0 aromatic carbocycles. The van der Waals surface area contributed by atoms with Gasteiger partial charge in [-0.05, 0) is 12.8 Å². The molecule has 7 N–H and O–H groups in total. The molecule has 0 aromatic heterocycles. The van der Waals surface area contributed by atoms with Crippen molar-refractivity contribution in [2.75, 3.05) is 32.9 Å². The molecule has 214 valence electrons. The number of aliphatic hydroxyl groups is 4. The molecular weight excluding hydrogens is 508 g/mol. The minimum Gasteiger partial charge on any atom is -0.395 e. The van der Waals surface area contributed by atoms with Gasteiger partial charge in [0.15, 0.2) is 6.29 Å². The van der Waals surface area contributed by atoms with Crippen LogP contribution in [0.1, 0.15) is 32.6 Å². The van der Waals surface area contributed by atoms with Gasteiger partial charge in [-0.25, -0.2) is 0 Å². The average Bonchev–Trinajstić information content (AvgIpc) is 3.20. The minimum absolute atomic E-state index is 0.0376. The van der Waals surface area contributed by atoms with Gasteiger partial charge in [-0.2, -0.15) is 0 Å². The predicted octanol–water partition coefficient (Wildman–Crippen LogP) is -3.97. The molecule has 0 radical (unpaired) electrons. The average molecular weight is 545 g/mol. The number of hydrogen-bond donors (Lipinski definition) is 7. The smallest absolute Gasteiger partial charge is 0.253 e. The number of ether oxygens (including phenoxy) is 2. The summed E-state index contributed by atoms with van der Waals surface area (Å²) in [5.41, 5.74) is 0. The second-order valence-electron chi connectivity index (χ2n) is 8.87. The van der Waals surface area contributed by atoms with E-state index in [9.17, 15) is 39.3 Å². The van der Waals surface area contributed by atoms with E-state index in [1.165, 1.54) is 19.1 Å². The summed E-state index contributed by atoms with van der Waals surface area (Å²) in [6.45, 7) is -0.130. The van der Waals surface area contributed by atoms with Crippen LogP contribution in [0, 0.1) is 0 Å². The van der Waals surface area contributed by atoms with E-state index in [-0.39, 0.29) is 37.9 Å². The Morgan fingerprint density at radius 3 is 2.37 bits per heavy atom. The highest BCUT2D eigenvalue weighted by atomic mass is 16.7. The molecule has 1 saturated heterocycles. The van der Waals surface area contributed by atoms with Crippen molar-refractivity contribution < 1.29 is 53.9 Å². The normalized spacial score (nSPS) is 25.8. The summed E-state index contributed by atoms with van der Waals surface area (Å²) in [5, 5.41) is 46.3. The fourth-order valence-corrected chi connectivity index (χ4v) is 3.94. The second kappa shape index (κ2) is 15.5. The molecule has 0 aromatic rings. The molecule has 0 aliphatic carbocycles. The summed E-state index contributed by atoms with van der Waals surface area (Å²) in [5.74, 6) is -2.46. The van der Waals surface area contributed by atoms with Crippen molar-refractivity contribution in [2.45, 2.75) is 69.3 Å². The molecule has 5 amide bonds. The number of nitrogens with one attached hydrogen (secondary N) is 3. The van der Waals surface area contributed by atoms with Crippen molar-refractivity contribution in [3.8, 4) is 0 Å². The van der Waals surface area contributed by atoms with Crippen LogP contribution >= 0.6 is 0 Å². The Kier molecular flexibility index (Phi) is 12.7. The molecule has 15 nitrogen and oxygen atoms in total. The Morgan fingerprint density at radius 2 is 1.76 bits per heavy atom. The van der Waals surface area contributed by atoms with Crippen LogP contribution in [0.2, 0.25) is 0 Å². The van der Waals surface area contributed by atoms with Crippen molar-refractivity contribution in [3.63, 3.8) is 0 Å². The highest BCUT2D eigenvalue weighted by molar-refractivity contribution is 6.12. The van der Waals surface area contributed by atoms with Crippen LogP contribution in [0.3, 0.4) is 0 Å². The number of imide groups is 1. The van der Waals surface area contributed by atoms with Gasteiger partial charge in [0.2, 0.25) is 17.7 Å². The van der Waals surface area contributed by atoms with E-state index in [0.717, 1.165) is 4.90 Å². The van der Waals surface area contributed by atoms with E-state index in [1.54, 1.807) is 0 Å². The van der Waals surface area contributed by atoms with Crippen LogP contribution in [0.15, 0.2) is 12.2 Å². The zero-order valence-electron chi connectivity index (χ0n) is 21.1. The first-order valence-corrected chi connectivity index (χ1v) is 12.3. The summed E-state index contributed by atoms with van der Waals surface area (Å²) < 4.78 is 11.1. The van der Waals surface area contributed by atoms with Gasteiger partial charge in [-0.3, -0.25) is 28.9 Å². The number of amides is 5. The van der Waals surface area contributed by atoms with Gasteiger partial charge in [-0.15, -0.1) is 0 Å². The molecule has 1 fully saturated rings. The molecule has 0 saturated carbocycles. The van der Waals surface area contributed by atoms with Gasteiger partial charge in [-0.1, -0.05) is 6.42 Å². The van der Waals surface area contributed by atoms with Gasteiger partial charge in [0.25, 0.3) is 11.8 Å². The number of carbonyl (C=O) groups excluding carboxylic acids is 5. The third-order valence-electron chi connectivity index (χ3n) is 5.93. The molecule has 2 aliphatic heterocycles. The summed E-state index contributed by atoms with van der Waals surface area (Å²) >= 11 is 0. The molecular formula is C23H36N4O11. The van der Waals surface area contributed by atoms with Gasteiger partial charge in [0, 0.05) is 38.6 Å². The third-order valence-corrected chi connectivity index (χ3v) is 5.93. The molecule has 38 heavy (non-hydrogen) atoms. The van der Waals surface area contributed by atoms with Gasteiger partial charge in [0.1, 0.15) is 30.4 Å². The zero-order chi connectivity index (χ0) is 28.2. The highest BCUT2D eigenvalue weighted by Gasteiger charge is 2.45. The standard InChI is InChI=1S/C23H36N4O11/c1-13(30)25-19-21(35)20(34)15(11-29)38-23(19)37-12-14(22(36)24-8-10-28)26-16(31)5-3-2-4-9-27-17(32)6-7-18(27)33/h6-7,14-15,19-21,23,28-29,34-35H,2-5,8-12H2,1H3,(H,24,36)(H,25,30)(H,26,31)/t14-,15+,19+,20-,21+,23-/m0/s1. The van der Waals surface area contributed by atoms with Crippen LogP contribution < -0.4 is 16.0 Å². The monoisotopic (exact) mass is 544 g/mol. The van der Waals surface area contributed by atoms with Crippen LogP contribution in [-0.2, 0) is 33.4 Å². The summed E-state index contributed by atoms with van der Waals surface area (Å²) in [6.07, 6.45) is -1.77. The van der Waals surface area contributed by atoms with Crippen LogP contribution in [0.25, 0.3) is 0 Å². The first-order valence-electron chi connectivity index (χ1n) is 12.3. The van der Waals surface area contributed by atoms with E-state index in [2.05, 4.69) is 16.0 Å². The van der Waals surface area contributed by atoms with Gasteiger partial charge < -0.3 is 45.9 Å². The Hall–Kier alpha value is -2.95. The lowest BCUT2D eigenvalue weighted by atomic mass is 9.97. The SMILES string of the molecule is CC(=O)N[C@H]1[C@@H](OC[C@H](NC(=O)CCCCCN2C(=O)C=CC2=O)C(=O)NCCO)O[C@H](CO)[C@H](O)[C@@H]1O. The van der Waals surface area contributed by atoms with E-state index >= 15 is 0 Å².